The number of sulfone groups is 2. The Balaban J connectivity index is 3.63. The summed E-state index contributed by atoms with van der Waals surface area (Å²) in [7, 11) is -8.09. The van der Waals surface area contributed by atoms with E-state index < -0.39 is 63.8 Å². The highest BCUT2D eigenvalue weighted by atomic mass is 32.2. The molecular formula is C12H17NO8S2. The summed E-state index contributed by atoms with van der Waals surface area (Å²) in [6, 6.07) is 2.61. The second-order valence-electron chi connectivity index (χ2n) is 4.68. The van der Waals surface area contributed by atoms with E-state index in [9.17, 15) is 37.2 Å². The lowest BCUT2D eigenvalue weighted by molar-refractivity contribution is -0.385. The lowest BCUT2D eigenvalue weighted by Gasteiger charge is -2.19. The predicted octanol–water partition coefficient (Wildman–Crippen LogP) is 0.446. The Labute approximate surface area is 133 Å². The average molecular weight is 367 g/mol. The van der Waals surface area contributed by atoms with Gasteiger partial charge in [-0.2, -0.15) is 0 Å². The SMILES string of the molecule is CCS(=O)(=O)C(O)c1ccc([N+](=O)[O-])cc1C(O)S(=O)(=O)CC. The number of nitro groups is 1. The smallest absolute Gasteiger partial charge is 0.269 e. The van der Waals surface area contributed by atoms with Gasteiger partial charge in [-0.25, -0.2) is 16.8 Å². The predicted molar refractivity (Wildman–Crippen MR) is 81.9 cm³/mol. The molecule has 2 N–H and O–H groups in total. The van der Waals surface area contributed by atoms with Gasteiger partial charge in [-0.05, 0) is 6.07 Å². The van der Waals surface area contributed by atoms with Crippen molar-refractivity contribution in [2.45, 2.75) is 24.7 Å². The third-order valence-electron chi connectivity index (χ3n) is 3.30. The number of benzene rings is 1. The number of non-ortho nitro benzene ring substituents is 1. The molecule has 2 unspecified atom stereocenters. The quantitative estimate of drug-likeness (QED) is 0.520. The maximum atomic E-state index is 11.8. The van der Waals surface area contributed by atoms with Crippen LogP contribution in [0.25, 0.3) is 0 Å². The van der Waals surface area contributed by atoms with Crippen LogP contribution in [0, 0.1) is 10.1 Å². The van der Waals surface area contributed by atoms with Crippen LogP contribution < -0.4 is 0 Å². The zero-order valence-corrected chi connectivity index (χ0v) is 14.0. The van der Waals surface area contributed by atoms with Gasteiger partial charge in [0, 0.05) is 23.3 Å². The van der Waals surface area contributed by atoms with Gasteiger partial charge in [0.2, 0.25) is 0 Å². The van der Waals surface area contributed by atoms with E-state index in [0.29, 0.717) is 0 Å². The van der Waals surface area contributed by atoms with Crippen molar-refractivity contribution in [1.29, 1.82) is 0 Å². The molecule has 130 valence electrons. The first-order valence-electron chi connectivity index (χ1n) is 6.55. The maximum absolute atomic E-state index is 11.8. The minimum Gasteiger partial charge on any atom is -0.373 e. The van der Waals surface area contributed by atoms with Crippen LogP contribution in [0.15, 0.2) is 18.2 Å². The van der Waals surface area contributed by atoms with Gasteiger partial charge in [0.05, 0.1) is 16.4 Å². The van der Waals surface area contributed by atoms with Gasteiger partial charge >= 0.3 is 0 Å². The van der Waals surface area contributed by atoms with Gasteiger partial charge in [-0.15, -0.1) is 0 Å². The molecule has 0 spiro atoms. The summed E-state index contributed by atoms with van der Waals surface area (Å²) in [6.45, 7) is 2.54. The number of nitrogens with zero attached hydrogens (tertiary/aromatic N) is 1. The van der Waals surface area contributed by atoms with Crippen molar-refractivity contribution < 1.29 is 32.0 Å². The molecule has 23 heavy (non-hydrogen) atoms. The summed E-state index contributed by atoms with van der Waals surface area (Å²) >= 11 is 0. The van der Waals surface area contributed by atoms with E-state index in [-0.39, 0.29) is 0 Å². The van der Waals surface area contributed by atoms with Crippen LogP contribution in [-0.2, 0) is 19.7 Å². The fourth-order valence-corrected chi connectivity index (χ4v) is 3.64. The zero-order valence-electron chi connectivity index (χ0n) is 12.4. The van der Waals surface area contributed by atoms with E-state index >= 15 is 0 Å². The Hall–Kier alpha value is -1.56. The van der Waals surface area contributed by atoms with Crippen LogP contribution in [0.5, 0.6) is 0 Å². The normalized spacial score (nSPS) is 15.1. The van der Waals surface area contributed by atoms with Crippen LogP contribution in [0.3, 0.4) is 0 Å². The van der Waals surface area contributed by atoms with Crippen molar-refractivity contribution in [2.75, 3.05) is 11.5 Å². The molecule has 0 heterocycles. The molecule has 0 saturated carbocycles. The molecule has 1 rings (SSSR count). The van der Waals surface area contributed by atoms with Gasteiger partial charge in [-0.3, -0.25) is 10.1 Å². The van der Waals surface area contributed by atoms with Crippen molar-refractivity contribution in [1.82, 2.24) is 0 Å². The lowest BCUT2D eigenvalue weighted by Crippen LogP contribution is -2.21. The highest BCUT2D eigenvalue weighted by Gasteiger charge is 2.33. The molecule has 1 aromatic rings. The second kappa shape index (κ2) is 6.91. The van der Waals surface area contributed by atoms with Crippen LogP contribution in [0.2, 0.25) is 0 Å². The van der Waals surface area contributed by atoms with E-state index in [1.54, 1.807) is 0 Å². The summed E-state index contributed by atoms with van der Waals surface area (Å²) in [5, 5.41) is 30.8. The number of nitro benzene ring substituents is 1. The van der Waals surface area contributed by atoms with Gasteiger partial charge in [0.25, 0.3) is 5.69 Å². The molecule has 0 aliphatic carbocycles. The number of hydrogen-bond donors (Lipinski definition) is 2. The van der Waals surface area contributed by atoms with Crippen LogP contribution in [0.1, 0.15) is 35.8 Å². The average Bonchev–Trinajstić information content (AvgIpc) is 2.52. The molecule has 0 radical (unpaired) electrons. The second-order valence-corrected chi connectivity index (χ2v) is 9.38. The Bertz CT molecular complexity index is 800. The van der Waals surface area contributed by atoms with E-state index in [2.05, 4.69) is 0 Å². The Morgan fingerprint density at radius 2 is 1.43 bits per heavy atom. The first kappa shape index (κ1) is 19.5. The summed E-state index contributed by atoms with van der Waals surface area (Å²) in [4.78, 5) is 10.0. The van der Waals surface area contributed by atoms with Gasteiger partial charge in [0.15, 0.2) is 30.5 Å². The van der Waals surface area contributed by atoms with Gasteiger partial charge in [0.1, 0.15) is 0 Å². The molecule has 0 bridgehead atoms. The fourth-order valence-electron chi connectivity index (χ4n) is 1.82. The number of aliphatic hydroxyl groups is 2. The van der Waals surface area contributed by atoms with E-state index in [1.807, 2.05) is 0 Å². The molecule has 2 atom stereocenters. The van der Waals surface area contributed by atoms with E-state index in [0.717, 1.165) is 18.2 Å². The van der Waals surface area contributed by atoms with Gasteiger partial charge < -0.3 is 10.2 Å². The summed E-state index contributed by atoms with van der Waals surface area (Å²) in [5.41, 5.74) is -5.73. The highest BCUT2D eigenvalue weighted by Crippen LogP contribution is 2.33. The van der Waals surface area contributed by atoms with E-state index in [4.69, 9.17) is 0 Å². The highest BCUT2D eigenvalue weighted by molar-refractivity contribution is 7.91. The third-order valence-corrected chi connectivity index (χ3v) is 6.78. The topological polar surface area (TPSA) is 152 Å². The summed E-state index contributed by atoms with van der Waals surface area (Å²) in [6.07, 6.45) is 0. The molecule has 1 aromatic carbocycles. The Kier molecular flexibility index (Phi) is 5.85. The van der Waals surface area contributed by atoms with Gasteiger partial charge in [-0.1, -0.05) is 13.8 Å². The monoisotopic (exact) mass is 367 g/mol. The van der Waals surface area contributed by atoms with Crippen LogP contribution in [-0.4, -0.2) is 43.5 Å². The maximum Gasteiger partial charge on any atom is 0.269 e. The first-order chi connectivity index (χ1) is 10.5. The largest absolute Gasteiger partial charge is 0.373 e. The van der Waals surface area contributed by atoms with Crippen molar-refractivity contribution in [2.24, 2.45) is 0 Å². The molecule has 0 amide bonds. The molecular weight excluding hydrogens is 350 g/mol. The van der Waals surface area contributed by atoms with Crippen LogP contribution in [0.4, 0.5) is 5.69 Å². The molecule has 0 saturated heterocycles. The molecule has 9 nitrogen and oxygen atoms in total. The lowest BCUT2D eigenvalue weighted by atomic mass is 10.1. The minimum atomic E-state index is -4.07. The fraction of sp³-hybridized carbons (Fsp3) is 0.500. The van der Waals surface area contributed by atoms with Crippen LogP contribution >= 0.6 is 0 Å². The first-order valence-corrected chi connectivity index (χ1v) is 9.98. The third kappa shape index (κ3) is 4.05. The summed E-state index contributed by atoms with van der Waals surface area (Å²) in [5.74, 6) is -0.895. The Morgan fingerprint density at radius 1 is 1.00 bits per heavy atom. The van der Waals surface area contributed by atoms with E-state index in [1.165, 1.54) is 13.8 Å². The number of hydrogen-bond acceptors (Lipinski definition) is 8. The van der Waals surface area contributed by atoms with Crippen molar-refractivity contribution in [3.63, 3.8) is 0 Å². The standard InChI is InChI=1S/C12H17NO8S2/c1-3-22(18,19)11(14)9-6-5-8(13(16)17)7-10(9)12(15)23(20,21)4-2/h5-7,11-12,14-15H,3-4H2,1-2H3. The number of aliphatic hydroxyl groups excluding tert-OH is 2. The number of rotatable bonds is 7. The minimum absolute atomic E-state index is 0.401. The zero-order chi connectivity index (χ0) is 18.0. The molecule has 0 aliphatic heterocycles. The molecule has 0 aromatic heterocycles. The van der Waals surface area contributed by atoms with Crippen molar-refractivity contribution in [3.05, 3.63) is 39.4 Å². The van der Waals surface area contributed by atoms with Crippen molar-refractivity contribution in [3.8, 4) is 0 Å². The Morgan fingerprint density at radius 3 is 1.83 bits per heavy atom. The van der Waals surface area contributed by atoms with Crippen molar-refractivity contribution >= 4 is 25.4 Å². The molecule has 0 aliphatic rings. The molecule has 0 fully saturated rings. The molecule has 11 heteroatoms. The summed E-state index contributed by atoms with van der Waals surface area (Å²) < 4.78 is 47.2.